The van der Waals surface area contributed by atoms with Crippen LogP contribution in [0.15, 0.2) is 29.3 Å². The van der Waals surface area contributed by atoms with Crippen molar-refractivity contribution in [2.45, 2.75) is 45.8 Å². The lowest BCUT2D eigenvalue weighted by atomic mass is 10.0. The van der Waals surface area contributed by atoms with Crippen LogP contribution in [-0.4, -0.2) is 38.4 Å². The SMILES string of the molecule is CN=C(NCc1cccc(OCC(C)C)c1)NCC1(C)CCCO1.I. The first-order valence-electron chi connectivity index (χ1n) is 8.81. The number of ether oxygens (including phenoxy) is 2. The second kappa shape index (κ2) is 10.9. The number of halogens is 1. The van der Waals surface area contributed by atoms with E-state index in [1.54, 1.807) is 7.05 Å². The first kappa shape index (κ1) is 22.0. The maximum absolute atomic E-state index is 5.80. The molecule has 1 fully saturated rings. The third kappa shape index (κ3) is 7.81. The molecule has 1 saturated heterocycles. The fourth-order valence-electron chi connectivity index (χ4n) is 2.66. The highest BCUT2D eigenvalue weighted by atomic mass is 127. The maximum atomic E-state index is 5.80. The number of guanidine groups is 1. The van der Waals surface area contributed by atoms with Gasteiger partial charge in [0.15, 0.2) is 5.96 Å². The molecule has 142 valence electrons. The predicted octanol–water partition coefficient (Wildman–Crippen LogP) is 3.57. The fourth-order valence-corrected chi connectivity index (χ4v) is 2.66. The summed E-state index contributed by atoms with van der Waals surface area (Å²) in [6, 6.07) is 8.18. The molecule has 2 rings (SSSR count). The van der Waals surface area contributed by atoms with Crippen LogP contribution in [0.1, 0.15) is 39.2 Å². The number of nitrogens with one attached hydrogen (secondary N) is 2. The van der Waals surface area contributed by atoms with Gasteiger partial charge in [0.05, 0.1) is 12.2 Å². The van der Waals surface area contributed by atoms with Gasteiger partial charge in [-0.25, -0.2) is 0 Å². The third-order valence-electron chi connectivity index (χ3n) is 4.10. The lowest BCUT2D eigenvalue weighted by Gasteiger charge is -2.24. The summed E-state index contributed by atoms with van der Waals surface area (Å²) in [7, 11) is 1.79. The summed E-state index contributed by atoms with van der Waals surface area (Å²) in [6.45, 7) is 9.51. The Bertz CT molecular complexity index is 543. The molecule has 1 atom stereocenters. The Balaban J connectivity index is 0.00000312. The Morgan fingerprint density at radius 2 is 2.16 bits per heavy atom. The van der Waals surface area contributed by atoms with E-state index in [0.717, 1.165) is 44.3 Å². The van der Waals surface area contributed by atoms with Gasteiger partial charge in [0, 0.05) is 26.7 Å². The van der Waals surface area contributed by atoms with Crippen molar-refractivity contribution >= 4 is 29.9 Å². The summed E-state index contributed by atoms with van der Waals surface area (Å²) in [4.78, 5) is 4.28. The molecular formula is C19H32IN3O2. The highest BCUT2D eigenvalue weighted by Crippen LogP contribution is 2.23. The number of hydrogen-bond acceptors (Lipinski definition) is 3. The van der Waals surface area contributed by atoms with Crippen LogP contribution in [-0.2, 0) is 11.3 Å². The summed E-state index contributed by atoms with van der Waals surface area (Å²) in [5, 5.41) is 6.71. The molecule has 1 aromatic carbocycles. The Labute approximate surface area is 169 Å². The molecule has 5 nitrogen and oxygen atoms in total. The summed E-state index contributed by atoms with van der Waals surface area (Å²) >= 11 is 0. The van der Waals surface area contributed by atoms with Crippen molar-refractivity contribution in [2.24, 2.45) is 10.9 Å². The Kier molecular flexibility index (Phi) is 9.56. The van der Waals surface area contributed by atoms with E-state index in [1.165, 1.54) is 5.56 Å². The summed E-state index contributed by atoms with van der Waals surface area (Å²) in [5.41, 5.74) is 1.09. The minimum Gasteiger partial charge on any atom is -0.493 e. The zero-order valence-electron chi connectivity index (χ0n) is 15.8. The molecule has 2 N–H and O–H groups in total. The quantitative estimate of drug-likeness (QED) is 0.371. The second-order valence-electron chi connectivity index (χ2n) is 7.03. The fraction of sp³-hybridized carbons (Fsp3) is 0.632. The molecule has 6 heteroatoms. The Morgan fingerprint density at radius 1 is 1.36 bits per heavy atom. The monoisotopic (exact) mass is 461 g/mol. The molecule has 1 aromatic rings. The molecule has 0 aliphatic carbocycles. The van der Waals surface area contributed by atoms with Crippen molar-refractivity contribution in [1.29, 1.82) is 0 Å². The van der Waals surface area contributed by atoms with Gasteiger partial charge in [-0.1, -0.05) is 26.0 Å². The van der Waals surface area contributed by atoms with E-state index in [-0.39, 0.29) is 29.6 Å². The van der Waals surface area contributed by atoms with Crippen molar-refractivity contribution in [3.63, 3.8) is 0 Å². The molecule has 1 heterocycles. The minimum atomic E-state index is -0.0811. The van der Waals surface area contributed by atoms with Crippen LogP contribution in [0.3, 0.4) is 0 Å². The van der Waals surface area contributed by atoms with Crippen molar-refractivity contribution in [3.8, 4) is 5.75 Å². The van der Waals surface area contributed by atoms with Gasteiger partial charge < -0.3 is 20.1 Å². The maximum Gasteiger partial charge on any atom is 0.191 e. The normalized spacial score (nSPS) is 20.3. The standard InChI is InChI=1S/C19H31N3O2.HI/c1-15(2)13-23-17-8-5-7-16(11-17)12-21-18(20-4)22-14-19(3)9-6-10-24-19;/h5,7-8,11,15H,6,9-10,12-14H2,1-4H3,(H2,20,21,22);1H. The van der Waals surface area contributed by atoms with Crippen LogP contribution >= 0.6 is 24.0 Å². The Hall–Kier alpha value is -1.02. The van der Waals surface area contributed by atoms with Gasteiger partial charge in [0.2, 0.25) is 0 Å². The third-order valence-corrected chi connectivity index (χ3v) is 4.10. The van der Waals surface area contributed by atoms with E-state index in [9.17, 15) is 0 Å². The molecule has 25 heavy (non-hydrogen) atoms. The predicted molar refractivity (Wildman–Crippen MR) is 114 cm³/mol. The van der Waals surface area contributed by atoms with Crippen LogP contribution in [0.4, 0.5) is 0 Å². The number of hydrogen-bond donors (Lipinski definition) is 2. The number of rotatable bonds is 7. The van der Waals surface area contributed by atoms with Gasteiger partial charge in [-0.15, -0.1) is 24.0 Å². The van der Waals surface area contributed by atoms with Gasteiger partial charge in [0.25, 0.3) is 0 Å². The van der Waals surface area contributed by atoms with Crippen LogP contribution in [0.2, 0.25) is 0 Å². The smallest absolute Gasteiger partial charge is 0.191 e. The molecule has 1 aliphatic rings. The summed E-state index contributed by atoms with van der Waals surface area (Å²) in [6.07, 6.45) is 2.22. The van der Waals surface area contributed by atoms with Gasteiger partial charge in [0.1, 0.15) is 5.75 Å². The van der Waals surface area contributed by atoms with E-state index >= 15 is 0 Å². The van der Waals surface area contributed by atoms with E-state index in [4.69, 9.17) is 9.47 Å². The van der Waals surface area contributed by atoms with E-state index in [1.807, 2.05) is 12.1 Å². The molecule has 0 aromatic heterocycles. The van der Waals surface area contributed by atoms with Crippen LogP contribution in [0.25, 0.3) is 0 Å². The first-order valence-corrected chi connectivity index (χ1v) is 8.81. The zero-order valence-corrected chi connectivity index (χ0v) is 18.1. The minimum absolute atomic E-state index is 0. The number of nitrogens with zero attached hydrogens (tertiary/aromatic N) is 1. The van der Waals surface area contributed by atoms with E-state index in [0.29, 0.717) is 12.5 Å². The first-order chi connectivity index (χ1) is 11.5. The van der Waals surface area contributed by atoms with Crippen LogP contribution < -0.4 is 15.4 Å². The zero-order chi connectivity index (χ0) is 17.4. The van der Waals surface area contributed by atoms with Gasteiger partial charge >= 0.3 is 0 Å². The van der Waals surface area contributed by atoms with Gasteiger partial charge in [-0.3, -0.25) is 4.99 Å². The van der Waals surface area contributed by atoms with Crippen LogP contribution in [0.5, 0.6) is 5.75 Å². The second-order valence-corrected chi connectivity index (χ2v) is 7.03. The van der Waals surface area contributed by atoms with Gasteiger partial charge in [-0.2, -0.15) is 0 Å². The highest BCUT2D eigenvalue weighted by Gasteiger charge is 2.29. The molecule has 1 aliphatic heterocycles. The van der Waals surface area contributed by atoms with Crippen molar-refractivity contribution in [1.82, 2.24) is 10.6 Å². The topological polar surface area (TPSA) is 54.9 Å². The molecule has 0 saturated carbocycles. The van der Waals surface area contributed by atoms with E-state index in [2.05, 4.69) is 48.5 Å². The van der Waals surface area contributed by atoms with Crippen molar-refractivity contribution in [3.05, 3.63) is 29.8 Å². The van der Waals surface area contributed by atoms with E-state index < -0.39 is 0 Å². The molecule has 0 spiro atoms. The van der Waals surface area contributed by atoms with Crippen molar-refractivity contribution in [2.75, 3.05) is 26.8 Å². The Morgan fingerprint density at radius 3 is 2.80 bits per heavy atom. The van der Waals surface area contributed by atoms with Gasteiger partial charge in [-0.05, 0) is 43.4 Å². The summed E-state index contributed by atoms with van der Waals surface area (Å²) in [5.74, 6) is 2.23. The molecule has 0 bridgehead atoms. The average molecular weight is 461 g/mol. The van der Waals surface area contributed by atoms with Crippen molar-refractivity contribution < 1.29 is 9.47 Å². The van der Waals surface area contributed by atoms with Crippen LogP contribution in [0, 0.1) is 5.92 Å². The summed E-state index contributed by atoms with van der Waals surface area (Å²) < 4.78 is 11.6. The molecule has 0 radical (unpaired) electrons. The highest BCUT2D eigenvalue weighted by molar-refractivity contribution is 14.0. The number of benzene rings is 1. The molecular weight excluding hydrogens is 429 g/mol. The lowest BCUT2D eigenvalue weighted by Crippen LogP contribution is -2.45. The average Bonchev–Trinajstić information content (AvgIpc) is 3.00. The molecule has 1 unspecified atom stereocenters. The number of aliphatic imine (C=N–C) groups is 1. The molecule has 0 amide bonds. The largest absolute Gasteiger partial charge is 0.493 e. The lowest BCUT2D eigenvalue weighted by molar-refractivity contribution is 0.0243.